The third-order valence-corrected chi connectivity index (χ3v) is 7.66. The summed E-state index contributed by atoms with van der Waals surface area (Å²) in [5.74, 6) is 0.350. The van der Waals surface area contributed by atoms with Crippen molar-refractivity contribution in [3.8, 4) is 11.1 Å². The minimum Gasteiger partial charge on any atom is -0.385 e. The van der Waals surface area contributed by atoms with E-state index in [-0.39, 0.29) is 11.3 Å². The number of hydrogen-bond donors (Lipinski definition) is 2. The number of thioether (sulfide) groups is 1. The van der Waals surface area contributed by atoms with E-state index in [9.17, 15) is 4.79 Å². The number of carbonyl (C=O) groups is 1. The van der Waals surface area contributed by atoms with Crippen LogP contribution in [0.2, 0.25) is 0 Å². The number of nitrogens with one attached hydrogen (secondary N) is 2. The molecule has 0 bridgehead atoms. The first-order valence-electron chi connectivity index (χ1n) is 11.6. The van der Waals surface area contributed by atoms with Gasteiger partial charge < -0.3 is 10.6 Å². The van der Waals surface area contributed by atoms with E-state index in [0.717, 1.165) is 29.8 Å². The molecule has 0 saturated carbocycles. The summed E-state index contributed by atoms with van der Waals surface area (Å²) in [5.41, 5.74) is 10.1. The van der Waals surface area contributed by atoms with Gasteiger partial charge in [-0.25, -0.2) is 0 Å². The summed E-state index contributed by atoms with van der Waals surface area (Å²) in [5, 5.41) is 6.23. The van der Waals surface area contributed by atoms with E-state index < -0.39 is 0 Å². The monoisotopic (exact) mass is 476 g/mol. The molecule has 4 rings (SSSR count). The molecule has 0 aromatic heterocycles. The average molecular weight is 477 g/mol. The molecule has 33 heavy (non-hydrogen) atoms. The van der Waals surface area contributed by atoms with Crippen LogP contribution in [0.5, 0.6) is 0 Å². The quantitative estimate of drug-likeness (QED) is 0.351. The minimum atomic E-state index is -0.124. The van der Waals surface area contributed by atoms with E-state index in [1.807, 2.05) is 6.08 Å². The van der Waals surface area contributed by atoms with Crippen molar-refractivity contribution in [2.45, 2.75) is 53.4 Å². The standard InChI is InChI=1S/C28H32N2OS2/c1-7-29-24-9-8-18(14-25-26(31)30-27(32)33-25)13-22(24)20-15-21-19(16(2)3)10-11-28(5,6)23(21)12-17(20)4/h8-10,12-16,29H,7,11H2,1-6H3,(H,30,31,32). The summed E-state index contributed by atoms with van der Waals surface area (Å²) in [6, 6.07) is 11.1. The molecular weight excluding hydrogens is 444 g/mol. The van der Waals surface area contributed by atoms with Crippen molar-refractivity contribution in [3.63, 3.8) is 0 Å². The second kappa shape index (κ2) is 9.11. The predicted octanol–water partition coefficient (Wildman–Crippen LogP) is 7.30. The van der Waals surface area contributed by atoms with Crippen LogP contribution in [0.4, 0.5) is 5.69 Å². The van der Waals surface area contributed by atoms with Gasteiger partial charge in [-0.05, 0) is 89.3 Å². The highest BCUT2D eigenvalue weighted by Gasteiger charge is 2.30. The number of allylic oxidation sites excluding steroid dienone is 2. The number of carbonyl (C=O) groups excluding carboxylic acids is 1. The van der Waals surface area contributed by atoms with E-state index in [1.54, 1.807) is 0 Å². The first-order valence-corrected chi connectivity index (χ1v) is 12.8. The lowest BCUT2D eigenvalue weighted by molar-refractivity contribution is -0.115. The molecule has 3 nitrogen and oxygen atoms in total. The molecule has 2 aromatic carbocycles. The van der Waals surface area contributed by atoms with E-state index in [2.05, 4.69) is 88.6 Å². The van der Waals surface area contributed by atoms with Crippen molar-refractivity contribution < 1.29 is 4.79 Å². The maximum Gasteiger partial charge on any atom is 0.263 e. The van der Waals surface area contributed by atoms with Crippen molar-refractivity contribution in [1.82, 2.24) is 5.32 Å². The molecule has 1 saturated heterocycles. The van der Waals surface area contributed by atoms with Crippen LogP contribution >= 0.6 is 24.0 Å². The lowest BCUT2D eigenvalue weighted by atomic mass is 9.70. The molecule has 0 spiro atoms. The molecular formula is C28H32N2OS2. The second-order valence-corrected chi connectivity index (χ2v) is 11.5. The molecule has 1 aliphatic heterocycles. The highest BCUT2D eigenvalue weighted by Crippen LogP contribution is 2.45. The summed E-state index contributed by atoms with van der Waals surface area (Å²) in [4.78, 5) is 12.8. The lowest BCUT2D eigenvalue weighted by Crippen LogP contribution is -2.23. The Morgan fingerprint density at radius 1 is 1.18 bits per heavy atom. The van der Waals surface area contributed by atoms with Crippen LogP contribution in [0.15, 0.2) is 41.3 Å². The molecule has 1 heterocycles. The fourth-order valence-electron chi connectivity index (χ4n) is 4.72. The van der Waals surface area contributed by atoms with Gasteiger partial charge in [0.2, 0.25) is 0 Å². The van der Waals surface area contributed by atoms with Crippen LogP contribution < -0.4 is 10.6 Å². The van der Waals surface area contributed by atoms with Crippen LogP contribution in [0, 0.1) is 12.8 Å². The van der Waals surface area contributed by atoms with Crippen LogP contribution in [0.3, 0.4) is 0 Å². The third kappa shape index (κ3) is 4.67. The third-order valence-electron chi connectivity index (χ3n) is 6.50. The van der Waals surface area contributed by atoms with E-state index in [1.165, 1.54) is 39.6 Å². The van der Waals surface area contributed by atoms with Crippen LogP contribution in [-0.2, 0) is 10.2 Å². The van der Waals surface area contributed by atoms with E-state index >= 15 is 0 Å². The number of benzene rings is 2. The van der Waals surface area contributed by atoms with Crippen molar-refractivity contribution >= 4 is 51.5 Å². The maximum absolute atomic E-state index is 12.2. The molecule has 1 amide bonds. The van der Waals surface area contributed by atoms with Gasteiger partial charge in [-0.2, -0.15) is 0 Å². The van der Waals surface area contributed by atoms with Gasteiger partial charge in [0.05, 0.1) is 4.91 Å². The number of aryl methyl sites for hydroxylation is 1. The molecule has 1 aliphatic carbocycles. The van der Waals surface area contributed by atoms with Gasteiger partial charge >= 0.3 is 0 Å². The van der Waals surface area contributed by atoms with Gasteiger partial charge in [0.15, 0.2) is 0 Å². The molecule has 0 radical (unpaired) electrons. The molecule has 2 aromatic rings. The summed E-state index contributed by atoms with van der Waals surface area (Å²) in [6.07, 6.45) is 5.42. The van der Waals surface area contributed by atoms with Crippen molar-refractivity contribution in [3.05, 3.63) is 63.6 Å². The van der Waals surface area contributed by atoms with E-state index in [4.69, 9.17) is 12.2 Å². The zero-order valence-corrected chi connectivity index (χ0v) is 21.9. The Bertz CT molecular complexity index is 1200. The predicted molar refractivity (Wildman–Crippen MR) is 148 cm³/mol. The number of thiocarbonyl (C=S) groups is 1. The lowest BCUT2D eigenvalue weighted by Gasteiger charge is -2.34. The van der Waals surface area contributed by atoms with Crippen molar-refractivity contribution in [2.24, 2.45) is 5.92 Å². The number of rotatable bonds is 5. The van der Waals surface area contributed by atoms with Crippen molar-refractivity contribution in [2.75, 3.05) is 11.9 Å². The van der Waals surface area contributed by atoms with Gasteiger partial charge in [0.25, 0.3) is 5.91 Å². The Morgan fingerprint density at radius 3 is 2.58 bits per heavy atom. The van der Waals surface area contributed by atoms with Crippen LogP contribution in [0.25, 0.3) is 22.8 Å². The molecule has 5 heteroatoms. The molecule has 172 valence electrons. The summed E-state index contributed by atoms with van der Waals surface area (Å²) in [7, 11) is 0. The fraction of sp³-hybridized carbons (Fsp3) is 0.357. The molecule has 2 aliphatic rings. The zero-order chi connectivity index (χ0) is 23.9. The van der Waals surface area contributed by atoms with Gasteiger partial charge in [0.1, 0.15) is 4.32 Å². The Hall–Kier alpha value is -2.37. The zero-order valence-electron chi connectivity index (χ0n) is 20.3. The molecule has 1 fully saturated rings. The largest absolute Gasteiger partial charge is 0.385 e. The highest BCUT2D eigenvalue weighted by molar-refractivity contribution is 8.26. The van der Waals surface area contributed by atoms with Gasteiger partial charge in [-0.15, -0.1) is 0 Å². The second-order valence-electron chi connectivity index (χ2n) is 9.80. The normalized spacial score (nSPS) is 18.4. The summed E-state index contributed by atoms with van der Waals surface area (Å²) >= 11 is 6.46. The number of anilines is 1. The topological polar surface area (TPSA) is 41.1 Å². The molecule has 0 atom stereocenters. The number of amides is 1. The number of hydrogen-bond acceptors (Lipinski definition) is 4. The fourth-order valence-corrected chi connectivity index (χ4v) is 5.76. The van der Waals surface area contributed by atoms with Gasteiger partial charge in [-0.3, -0.25) is 4.79 Å². The van der Waals surface area contributed by atoms with Crippen molar-refractivity contribution in [1.29, 1.82) is 0 Å². The Kier molecular flexibility index (Phi) is 6.56. The van der Waals surface area contributed by atoms with Crippen LogP contribution in [0.1, 0.15) is 63.3 Å². The Balaban J connectivity index is 1.89. The molecule has 2 N–H and O–H groups in total. The van der Waals surface area contributed by atoms with Crippen LogP contribution in [-0.4, -0.2) is 16.8 Å². The summed E-state index contributed by atoms with van der Waals surface area (Å²) in [6.45, 7) is 14.4. The average Bonchev–Trinajstić information content (AvgIpc) is 3.06. The van der Waals surface area contributed by atoms with Gasteiger partial charge in [0, 0.05) is 17.8 Å². The SMILES string of the molecule is CCNc1ccc(C=C2SC(=S)NC2=O)cc1-c1cc2c(cc1C)C(C)(C)CC=C2C(C)C. The minimum absolute atomic E-state index is 0.124. The molecule has 0 unspecified atom stereocenters. The number of fused-ring (bicyclic) bond motifs is 1. The maximum atomic E-state index is 12.2. The highest BCUT2D eigenvalue weighted by atomic mass is 32.2. The Labute approximate surface area is 207 Å². The van der Waals surface area contributed by atoms with Gasteiger partial charge in [-0.1, -0.05) is 69.9 Å². The first-order chi connectivity index (χ1) is 15.6. The Morgan fingerprint density at radius 2 is 1.94 bits per heavy atom. The smallest absolute Gasteiger partial charge is 0.263 e. The summed E-state index contributed by atoms with van der Waals surface area (Å²) < 4.78 is 0.511. The van der Waals surface area contributed by atoms with E-state index in [0.29, 0.717) is 15.1 Å². The first kappa shape index (κ1) is 23.8.